The summed E-state index contributed by atoms with van der Waals surface area (Å²) in [5.41, 5.74) is 5.53. The van der Waals surface area contributed by atoms with E-state index in [1.165, 1.54) is 7.11 Å². The third kappa shape index (κ3) is 4.36. The van der Waals surface area contributed by atoms with Crippen molar-refractivity contribution >= 4 is 23.3 Å². The molecule has 8 heteroatoms. The zero-order valence-corrected chi connectivity index (χ0v) is 19.8. The number of pyridine rings is 1. The van der Waals surface area contributed by atoms with Crippen molar-refractivity contribution in [3.63, 3.8) is 0 Å². The molecule has 0 radical (unpaired) electrons. The van der Waals surface area contributed by atoms with Crippen LogP contribution in [0.15, 0.2) is 54.7 Å². The summed E-state index contributed by atoms with van der Waals surface area (Å²) in [4.78, 5) is 18.8. The second kappa shape index (κ2) is 9.72. The van der Waals surface area contributed by atoms with Crippen molar-refractivity contribution in [3.8, 4) is 5.69 Å². The first-order valence-corrected chi connectivity index (χ1v) is 11.3. The number of aryl methyl sites for hydroxylation is 1. The minimum absolute atomic E-state index is 0.0808. The maximum absolute atomic E-state index is 12.1. The highest BCUT2D eigenvalue weighted by atomic mass is 32.1. The highest BCUT2D eigenvalue weighted by molar-refractivity contribution is 7.80. The lowest BCUT2D eigenvalue weighted by atomic mass is 9.96. The highest BCUT2D eigenvalue weighted by Gasteiger charge is 2.41. The standard InChI is InChI=1S/C25H28N4O3S/c1-16-14-20(17(2)29(16)19-9-6-8-18(15-19)24(31)32-3)23-22(21-10-4-5-11-26-21)27-25(33)28(23)12-7-13-30/h4-6,8-11,14-15,22-23,30H,7,12-13H2,1-3H3,(H,27,33)/t22-,23+/m0/s1. The van der Waals surface area contributed by atoms with Gasteiger partial charge < -0.3 is 24.6 Å². The number of nitrogens with zero attached hydrogens (tertiary/aromatic N) is 3. The van der Waals surface area contributed by atoms with E-state index in [1.807, 2.05) is 36.4 Å². The van der Waals surface area contributed by atoms with Crippen LogP contribution in [0.1, 0.15) is 51.5 Å². The Hall–Kier alpha value is -3.23. The van der Waals surface area contributed by atoms with Crippen LogP contribution in [-0.2, 0) is 4.74 Å². The molecule has 0 spiro atoms. The van der Waals surface area contributed by atoms with Gasteiger partial charge >= 0.3 is 5.97 Å². The molecule has 1 aliphatic rings. The van der Waals surface area contributed by atoms with E-state index in [-0.39, 0.29) is 24.7 Å². The van der Waals surface area contributed by atoms with Crippen molar-refractivity contribution in [2.75, 3.05) is 20.3 Å². The molecule has 0 aliphatic carbocycles. The largest absolute Gasteiger partial charge is 0.465 e. The van der Waals surface area contributed by atoms with Gasteiger partial charge in [-0.15, -0.1) is 0 Å². The SMILES string of the molecule is COC(=O)c1cccc(-n2c(C)cc([C@@H]3[C@H](c4ccccn4)NC(=S)N3CCCO)c2C)c1. The molecular formula is C25H28N4O3S. The van der Waals surface area contributed by atoms with Crippen LogP contribution in [0, 0.1) is 13.8 Å². The summed E-state index contributed by atoms with van der Waals surface area (Å²) in [7, 11) is 1.38. The number of nitrogens with one attached hydrogen (secondary N) is 1. The lowest BCUT2D eigenvalue weighted by Gasteiger charge is -2.28. The minimum atomic E-state index is -0.365. The quantitative estimate of drug-likeness (QED) is 0.408. The molecule has 172 valence electrons. The van der Waals surface area contributed by atoms with E-state index in [0.29, 0.717) is 23.6 Å². The molecule has 33 heavy (non-hydrogen) atoms. The van der Waals surface area contributed by atoms with E-state index in [4.69, 9.17) is 17.0 Å². The van der Waals surface area contributed by atoms with E-state index in [2.05, 4.69) is 39.7 Å². The number of thiocarbonyl (C=S) groups is 1. The van der Waals surface area contributed by atoms with Gasteiger partial charge in [0.2, 0.25) is 0 Å². The highest BCUT2D eigenvalue weighted by Crippen LogP contribution is 2.41. The van der Waals surface area contributed by atoms with Crippen LogP contribution in [0.2, 0.25) is 0 Å². The average Bonchev–Trinajstić information content (AvgIpc) is 3.32. The number of aliphatic hydroxyl groups is 1. The molecule has 0 amide bonds. The van der Waals surface area contributed by atoms with E-state index in [9.17, 15) is 9.90 Å². The normalized spacial score (nSPS) is 17.8. The first-order chi connectivity index (χ1) is 16.0. The second-order valence-electron chi connectivity index (χ2n) is 8.10. The Kier molecular flexibility index (Phi) is 6.76. The molecule has 0 unspecified atom stereocenters. The average molecular weight is 465 g/mol. The van der Waals surface area contributed by atoms with Gasteiger partial charge in [0, 0.05) is 36.4 Å². The van der Waals surface area contributed by atoms with Gasteiger partial charge in [0.25, 0.3) is 0 Å². The van der Waals surface area contributed by atoms with E-state index < -0.39 is 0 Å². The van der Waals surface area contributed by atoms with Crippen molar-refractivity contribution in [1.29, 1.82) is 0 Å². The molecule has 0 saturated carbocycles. The third-order valence-electron chi connectivity index (χ3n) is 6.07. The molecule has 3 aromatic rings. The summed E-state index contributed by atoms with van der Waals surface area (Å²) in [6.45, 7) is 4.86. The monoisotopic (exact) mass is 464 g/mol. The van der Waals surface area contributed by atoms with E-state index in [0.717, 1.165) is 28.3 Å². The molecule has 1 aliphatic heterocycles. The third-order valence-corrected chi connectivity index (χ3v) is 6.42. The maximum Gasteiger partial charge on any atom is 0.337 e. The summed E-state index contributed by atoms with van der Waals surface area (Å²) in [5, 5.41) is 13.6. The number of esters is 1. The van der Waals surface area contributed by atoms with Gasteiger partial charge in [0.05, 0.1) is 30.5 Å². The zero-order valence-electron chi connectivity index (χ0n) is 19.0. The molecule has 1 fully saturated rings. The molecule has 0 bridgehead atoms. The van der Waals surface area contributed by atoms with Gasteiger partial charge in [0.1, 0.15) is 0 Å². The van der Waals surface area contributed by atoms with Crippen LogP contribution in [-0.4, -0.2) is 50.9 Å². The molecule has 4 rings (SSSR count). The summed E-state index contributed by atoms with van der Waals surface area (Å²) < 4.78 is 7.04. The van der Waals surface area contributed by atoms with Gasteiger partial charge in [-0.25, -0.2) is 4.79 Å². The molecule has 2 aromatic heterocycles. The maximum atomic E-state index is 12.1. The number of carbonyl (C=O) groups is 1. The number of hydrogen-bond donors (Lipinski definition) is 2. The van der Waals surface area contributed by atoms with Crippen molar-refractivity contribution in [3.05, 3.63) is 82.9 Å². The van der Waals surface area contributed by atoms with Gasteiger partial charge in [-0.1, -0.05) is 12.1 Å². The number of carbonyl (C=O) groups excluding carboxylic acids is 1. The Labute approximate surface area is 199 Å². The Morgan fingerprint density at radius 1 is 1.21 bits per heavy atom. The summed E-state index contributed by atoms with van der Waals surface area (Å²) in [5.74, 6) is -0.365. The lowest BCUT2D eigenvalue weighted by Crippen LogP contribution is -2.31. The summed E-state index contributed by atoms with van der Waals surface area (Å²) in [6, 6.07) is 15.3. The van der Waals surface area contributed by atoms with Crippen LogP contribution < -0.4 is 5.32 Å². The fourth-order valence-corrected chi connectivity index (χ4v) is 4.93. The number of benzene rings is 1. The predicted molar refractivity (Wildman–Crippen MR) is 130 cm³/mol. The molecule has 3 heterocycles. The number of rotatable bonds is 7. The second-order valence-corrected chi connectivity index (χ2v) is 8.49. The van der Waals surface area contributed by atoms with E-state index >= 15 is 0 Å². The first kappa shape index (κ1) is 22.9. The van der Waals surface area contributed by atoms with Gasteiger partial charge in [0.15, 0.2) is 5.11 Å². The van der Waals surface area contributed by atoms with Gasteiger partial charge in [-0.2, -0.15) is 0 Å². The van der Waals surface area contributed by atoms with E-state index in [1.54, 1.807) is 12.3 Å². The Bertz CT molecular complexity index is 1160. The summed E-state index contributed by atoms with van der Waals surface area (Å²) >= 11 is 5.69. The molecular weight excluding hydrogens is 436 g/mol. The van der Waals surface area contributed by atoms with Crippen molar-refractivity contribution in [2.24, 2.45) is 0 Å². The fourth-order valence-electron chi connectivity index (χ4n) is 4.60. The zero-order chi connectivity index (χ0) is 23.5. The molecule has 7 nitrogen and oxygen atoms in total. The Morgan fingerprint density at radius 3 is 2.73 bits per heavy atom. The predicted octanol–water partition coefficient (Wildman–Crippen LogP) is 3.63. The van der Waals surface area contributed by atoms with Crippen LogP contribution in [0.4, 0.5) is 0 Å². The van der Waals surface area contributed by atoms with Crippen LogP contribution in [0.3, 0.4) is 0 Å². The van der Waals surface area contributed by atoms with Crippen LogP contribution in [0.25, 0.3) is 5.69 Å². The molecule has 2 atom stereocenters. The smallest absolute Gasteiger partial charge is 0.337 e. The van der Waals surface area contributed by atoms with Crippen molar-refractivity contribution < 1.29 is 14.6 Å². The topological polar surface area (TPSA) is 79.6 Å². The van der Waals surface area contributed by atoms with Gasteiger partial charge in [-0.05, 0) is 74.4 Å². The van der Waals surface area contributed by atoms with Crippen molar-refractivity contribution in [1.82, 2.24) is 19.8 Å². The van der Waals surface area contributed by atoms with Gasteiger partial charge in [-0.3, -0.25) is 4.98 Å². The number of aliphatic hydroxyl groups excluding tert-OH is 1. The Morgan fingerprint density at radius 2 is 2.03 bits per heavy atom. The lowest BCUT2D eigenvalue weighted by molar-refractivity contribution is 0.0600. The Balaban J connectivity index is 1.81. The van der Waals surface area contributed by atoms with Crippen LogP contribution >= 0.6 is 12.2 Å². The molecule has 2 N–H and O–H groups in total. The fraction of sp³-hybridized carbons (Fsp3) is 0.320. The molecule has 1 saturated heterocycles. The number of methoxy groups -OCH3 is 1. The first-order valence-electron chi connectivity index (χ1n) is 10.9. The number of hydrogen-bond acceptors (Lipinski definition) is 5. The minimum Gasteiger partial charge on any atom is -0.465 e. The van der Waals surface area contributed by atoms with Crippen molar-refractivity contribution in [2.45, 2.75) is 32.4 Å². The summed E-state index contributed by atoms with van der Waals surface area (Å²) in [6.07, 6.45) is 2.41. The molecule has 1 aromatic carbocycles. The number of ether oxygens (including phenoxy) is 1. The van der Waals surface area contributed by atoms with Crippen LogP contribution in [0.5, 0.6) is 0 Å². The number of aromatic nitrogens is 2.